The van der Waals surface area contributed by atoms with Gasteiger partial charge in [-0.15, -0.1) is 0 Å². The van der Waals surface area contributed by atoms with Gasteiger partial charge in [-0.2, -0.15) is 0 Å². The van der Waals surface area contributed by atoms with Gasteiger partial charge >= 0.3 is 0 Å². The van der Waals surface area contributed by atoms with E-state index < -0.39 is 0 Å². The van der Waals surface area contributed by atoms with Crippen LogP contribution in [0.2, 0.25) is 0 Å². The van der Waals surface area contributed by atoms with Crippen molar-refractivity contribution in [3.63, 3.8) is 0 Å². The van der Waals surface area contributed by atoms with E-state index in [1.165, 1.54) is 11.3 Å². The summed E-state index contributed by atoms with van der Waals surface area (Å²) in [4.78, 5) is 27.2. The number of benzene rings is 1. The summed E-state index contributed by atoms with van der Waals surface area (Å²) < 4.78 is 1.11. The lowest BCUT2D eigenvalue weighted by molar-refractivity contribution is -0.124. The normalized spacial score (nSPS) is 42.2. The first kappa shape index (κ1) is 12.4. The smallest absolute Gasteiger partial charge is 0.238 e. The van der Waals surface area contributed by atoms with Crippen LogP contribution in [0.3, 0.4) is 0 Å². The number of rotatable bonds is 1. The van der Waals surface area contributed by atoms with E-state index in [2.05, 4.69) is 34.7 Å². The minimum atomic E-state index is -0.101. The zero-order valence-corrected chi connectivity index (χ0v) is 13.4. The van der Waals surface area contributed by atoms with Crippen molar-refractivity contribution in [1.29, 1.82) is 0 Å². The zero-order valence-electron chi connectivity index (χ0n) is 11.3. The molecule has 21 heavy (non-hydrogen) atoms. The van der Waals surface area contributed by atoms with Crippen LogP contribution in [-0.2, 0) is 9.59 Å². The molecule has 1 aromatic carbocycles. The highest BCUT2D eigenvalue weighted by atomic mass is 127. The van der Waals surface area contributed by atoms with Gasteiger partial charge in [0, 0.05) is 3.57 Å². The zero-order chi connectivity index (χ0) is 14.3. The van der Waals surface area contributed by atoms with Gasteiger partial charge < -0.3 is 0 Å². The van der Waals surface area contributed by atoms with Crippen molar-refractivity contribution in [2.45, 2.75) is 6.42 Å². The third-order valence-electron chi connectivity index (χ3n) is 5.75. The van der Waals surface area contributed by atoms with Crippen molar-refractivity contribution in [2.24, 2.45) is 35.5 Å². The predicted octanol–water partition coefficient (Wildman–Crippen LogP) is 2.85. The van der Waals surface area contributed by atoms with E-state index >= 15 is 0 Å². The molecule has 4 heteroatoms. The van der Waals surface area contributed by atoms with Gasteiger partial charge in [0.15, 0.2) is 0 Å². The number of halogens is 1. The summed E-state index contributed by atoms with van der Waals surface area (Å²) in [5.41, 5.74) is 0.730. The highest BCUT2D eigenvalue weighted by Crippen LogP contribution is 2.65. The van der Waals surface area contributed by atoms with Crippen LogP contribution < -0.4 is 4.90 Å². The van der Waals surface area contributed by atoms with Crippen LogP contribution >= 0.6 is 22.6 Å². The van der Waals surface area contributed by atoms with Crippen LogP contribution in [-0.4, -0.2) is 11.8 Å². The summed E-state index contributed by atoms with van der Waals surface area (Å²) in [6, 6.07) is 7.65. The molecule has 2 bridgehead atoms. The van der Waals surface area contributed by atoms with Crippen molar-refractivity contribution in [3.8, 4) is 0 Å². The van der Waals surface area contributed by atoms with E-state index in [9.17, 15) is 9.59 Å². The number of carbonyl (C=O) groups is 2. The lowest BCUT2D eigenvalue weighted by Crippen LogP contribution is -2.40. The minimum Gasteiger partial charge on any atom is -0.274 e. The van der Waals surface area contributed by atoms with Crippen LogP contribution in [0.1, 0.15) is 6.42 Å². The molecule has 1 aromatic rings. The maximum atomic E-state index is 12.9. The molecule has 0 N–H and O–H groups in total. The highest BCUT2D eigenvalue weighted by molar-refractivity contribution is 14.1. The Morgan fingerprint density at radius 3 is 1.95 bits per heavy atom. The van der Waals surface area contributed by atoms with Crippen LogP contribution in [0.25, 0.3) is 0 Å². The number of carbonyl (C=O) groups excluding carboxylic acids is 2. The molecule has 3 nitrogen and oxygen atoms in total. The summed E-state index contributed by atoms with van der Waals surface area (Å²) in [5.74, 6) is 1.77. The monoisotopic (exact) mass is 391 g/mol. The maximum Gasteiger partial charge on any atom is 0.238 e. The third kappa shape index (κ3) is 1.49. The first-order valence-corrected chi connectivity index (χ1v) is 8.56. The van der Waals surface area contributed by atoms with E-state index in [1.54, 1.807) is 0 Å². The Kier molecular flexibility index (Phi) is 2.34. The van der Waals surface area contributed by atoms with Crippen molar-refractivity contribution < 1.29 is 9.59 Å². The van der Waals surface area contributed by atoms with E-state index in [0.29, 0.717) is 23.7 Å². The van der Waals surface area contributed by atoms with Crippen LogP contribution in [0.15, 0.2) is 36.4 Å². The molecule has 6 rings (SSSR count). The van der Waals surface area contributed by atoms with Crippen LogP contribution in [0.5, 0.6) is 0 Å². The van der Waals surface area contributed by atoms with Gasteiger partial charge in [-0.1, -0.05) is 12.2 Å². The molecule has 2 amide bonds. The van der Waals surface area contributed by atoms with Crippen LogP contribution in [0.4, 0.5) is 5.69 Å². The summed E-state index contributed by atoms with van der Waals surface area (Å²) in [6.45, 7) is 0. The second-order valence-electron chi connectivity index (χ2n) is 6.64. The number of nitrogens with zero attached hydrogens (tertiary/aromatic N) is 1. The molecule has 1 heterocycles. The molecular weight excluding hydrogens is 377 g/mol. The standard InChI is InChI=1S/C17H14INO2/c18-8-1-3-9(4-2-8)19-16(20)14-10-5-6-11(13-7-12(10)13)15(14)17(19)21/h1-6,10-15H,7H2/t10-,11-,12-,13-,14+,15+/m1/s1. The highest BCUT2D eigenvalue weighted by Gasteiger charge is 2.67. The molecule has 1 aliphatic heterocycles. The third-order valence-corrected chi connectivity index (χ3v) is 6.47. The quantitative estimate of drug-likeness (QED) is 0.420. The molecule has 106 valence electrons. The topological polar surface area (TPSA) is 37.4 Å². The van der Waals surface area contributed by atoms with Gasteiger partial charge in [0.05, 0.1) is 17.5 Å². The summed E-state index contributed by atoms with van der Waals surface area (Å²) in [5, 5.41) is 0. The molecule has 2 saturated carbocycles. The van der Waals surface area contributed by atoms with Crippen molar-refractivity contribution in [3.05, 3.63) is 40.0 Å². The molecule has 5 aliphatic rings. The van der Waals surface area contributed by atoms with Gasteiger partial charge in [-0.3, -0.25) is 14.5 Å². The summed E-state index contributed by atoms with van der Waals surface area (Å²) in [7, 11) is 0. The average molecular weight is 391 g/mol. The lowest BCUT2D eigenvalue weighted by Gasteiger charge is -2.37. The summed E-state index contributed by atoms with van der Waals surface area (Å²) in [6.07, 6.45) is 5.63. The first-order chi connectivity index (χ1) is 10.2. The number of allylic oxidation sites excluding steroid dienone is 2. The largest absolute Gasteiger partial charge is 0.274 e. The fraction of sp³-hybridized carbons (Fsp3) is 0.412. The van der Waals surface area contributed by atoms with E-state index in [-0.39, 0.29) is 23.7 Å². The molecule has 4 aliphatic carbocycles. The summed E-state index contributed by atoms with van der Waals surface area (Å²) >= 11 is 2.23. The van der Waals surface area contributed by atoms with E-state index in [0.717, 1.165) is 9.26 Å². The Labute approximate surface area is 136 Å². The predicted molar refractivity (Wildman–Crippen MR) is 86.3 cm³/mol. The Morgan fingerprint density at radius 1 is 0.905 bits per heavy atom. The number of hydrogen-bond acceptors (Lipinski definition) is 2. The fourth-order valence-corrected chi connectivity index (χ4v) is 5.16. The molecule has 0 radical (unpaired) electrons. The number of hydrogen-bond donors (Lipinski definition) is 0. The van der Waals surface area contributed by atoms with Gasteiger partial charge in [0.2, 0.25) is 11.8 Å². The molecule has 0 unspecified atom stereocenters. The Bertz CT molecular complexity index is 659. The van der Waals surface area contributed by atoms with E-state index in [4.69, 9.17) is 0 Å². The van der Waals surface area contributed by atoms with Gasteiger partial charge in [0.25, 0.3) is 0 Å². The van der Waals surface area contributed by atoms with Gasteiger partial charge in [-0.25, -0.2) is 0 Å². The maximum absolute atomic E-state index is 12.9. The minimum absolute atomic E-state index is 0.0240. The first-order valence-electron chi connectivity index (χ1n) is 7.48. The number of imide groups is 1. The Balaban J connectivity index is 1.58. The van der Waals surface area contributed by atoms with Crippen LogP contribution in [0, 0.1) is 39.1 Å². The molecule has 6 atom stereocenters. The average Bonchev–Trinajstić information content (AvgIpc) is 3.26. The Morgan fingerprint density at radius 2 is 1.43 bits per heavy atom. The molecular formula is C17H14INO2. The fourth-order valence-electron chi connectivity index (χ4n) is 4.80. The molecule has 1 saturated heterocycles. The van der Waals surface area contributed by atoms with Crippen molar-refractivity contribution >= 4 is 40.1 Å². The van der Waals surface area contributed by atoms with Crippen molar-refractivity contribution in [2.75, 3.05) is 4.90 Å². The van der Waals surface area contributed by atoms with Gasteiger partial charge in [-0.05, 0) is 76.9 Å². The molecule has 0 spiro atoms. The SMILES string of the molecule is O=C1[C@H]2[C@@H]3C=C[C@H]([C@H]4C[C@H]34)[C@@H]2C(=O)N1c1ccc(I)cc1. The second-order valence-corrected chi connectivity index (χ2v) is 7.89. The van der Waals surface area contributed by atoms with Gasteiger partial charge in [0.1, 0.15) is 0 Å². The number of anilines is 1. The lowest BCUT2D eigenvalue weighted by atomic mass is 9.63. The molecule has 3 fully saturated rings. The molecule has 0 aromatic heterocycles. The van der Waals surface area contributed by atoms with Crippen molar-refractivity contribution in [1.82, 2.24) is 0 Å². The van der Waals surface area contributed by atoms with E-state index in [1.807, 2.05) is 24.3 Å². The number of amides is 2. The second kappa shape index (κ2) is 3.97. The Hall–Kier alpha value is -1.17.